The highest BCUT2D eigenvalue weighted by molar-refractivity contribution is 5.83. The third-order valence-corrected chi connectivity index (χ3v) is 5.92. The molecule has 7 nitrogen and oxygen atoms in total. The van der Waals surface area contributed by atoms with E-state index >= 15 is 4.39 Å². The van der Waals surface area contributed by atoms with Crippen LogP contribution in [-0.2, 0) is 24.3 Å². The lowest BCUT2D eigenvalue weighted by molar-refractivity contribution is -0.107. The SMILES string of the molecule is NCc1ncccc1CN(C=O)c1cc(F)c(N2CC[C@@H](F)C2)nc1NCCc1cccc(F)c1. The van der Waals surface area contributed by atoms with E-state index in [9.17, 15) is 13.6 Å². The summed E-state index contributed by atoms with van der Waals surface area (Å²) >= 11 is 0. The van der Waals surface area contributed by atoms with E-state index < -0.39 is 12.0 Å². The fourth-order valence-corrected chi connectivity index (χ4v) is 4.13. The average molecular weight is 485 g/mol. The standard InChI is InChI=1S/C25H27F3N6O/c26-19-5-1-3-17(11-19)6-9-31-24-23(12-21(28)25(32-24)33-10-7-20(27)15-33)34(16-35)14-18-4-2-8-30-22(18)13-29/h1-5,8,11-12,16,20H,6-7,9-10,13-15,29H2,(H,31,32)/t20-/m1/s1. The number of rotatable bonds is 10. The van der Waals surface area contributed by atoms with Gasteiger partial charge in [-0.1, -0.05) is 18.2 Å². The Morgan fingerprint density at radius 3 is 2.80 bits per heavy atom. The number of amides is 1. The van der Waals surface area contributed by atoms with Crippen molar-refractivity contribution in [3.05, 3.63) is 77.1 Å². The van der Waals surface area contributed by atoms with Gasteiger partial charge in [-0.05, 0) is 42.2 Å². The molecule has 1 atom stereocenters. The first kappa shape index (κ1) is 24.5. The first-order chi connectivity index (χ1) is 17.0. The monoisotopic (exact) mass is 484 g/mol. The number of pyridine rings is 2. The summed E-state index contributed by atoms with van der Waals surface area (Å²) in [6, 6.07) is 11.0. The molecule has 0 saturated carbocycles. The summed E-state index contributed by atoms with van der Waals surface area (Å²) in [7, 11) is 0. The number of nitrogens with zero attached hydrogens (tertiary/aromatic N) is 4. The number of hydrogen-bond acceptors (Lipinski definition) is 6. The van der Waals surface area contributed by atoms with E-state index in [-0.39, 0.29) is 42.8 Å². The number of nitrogens with two attached hydrogens (primary N) is 1. The average Bonchev–Trinajstić information content (AvgIpc) is 3.29. The topological polar surface area (TPSA) is 87.4 Å². The molecule has 1 saturated heterocycles. The van der Waals surface area contributed by atoms with Crippen LogP contribution in [0, 0.1) is 11.6 Å². The van der Waals surface area contributed by atoms with Crippen LogP contribution in [0.1, 0.15) is 23.2 Å². The lowest BCUT2D eigenvalue weighted by atomic mass is 10.1. The van der Waals surface area contributed by atoms with Crippen LogP contribution in [0.3, 0.4) is 0 Å². The number of halogens is 3. The molecule has 3 heterocycles. The molecule has 4 rings (SSSR count). The van der Waals surface area contributed by atoms with E-state index in [0.717, 1.165) is 11.1 Å². The Morgan fingerprint density at radius 1 is 1.23 bits per heavy atom. The first-order valence-corrected chi connectivity index (χ1v) is 11.4. The molecule has 0 spiro atoms. The van der Waals surface area contributed by atoms with Crippen molar-refractivity contribution in [3.8, 4) is 0 Å². The van der Waals surface area contributed by atoms with E-state index in [1.165, 1.54) is 23.1 Å². The maximum Gasteiger partial charge on any atom is 0.214 e. The molecule has 1 aliphatic heterocycles. The molecule has 0 unspecified atom stereocenters. The Hall–Kier alpha value is -3.66. The fourth-order valence-electron chi connectivity index (χ4n) is 4.13. The number of benzene rings is 1. The minimum Gasteiger partial charge on any atom is -0.368 e. The highest BCUT2D eigenvalue weighted by atomic mass is 19.1. The lowest BCUT2D eigenvalue weighted by Crippen LogP contribution is -2.27. The summed E-state index contributed by atoms with van der Waals surface area (Å²) in [5.41, 5.74) is 8.12. The van der Waals surface area contributed by atoms with E-state index in [4.69, 9.17) is 5.73 Å². The van der Waals surface area contributed by atoms with Crippen LogP contribution >= 0.6 is 0 Å². The van der Waals surface area contributed by atoms with E-state index in [1.807, 2.05) is 0 Å². The molecule has 10 heteroatoms. The zero-order valence-electron chi connectivity index (χ0n) is 19.1. The normalized spacial score (nSPS) is 15.3. The molecule has 0 bridgehead atoms. The number of carbonyl (C=O) groups is 1. The van der Waals surface area contributed by atoms with Gasteiger partial charge < -0.3 is 20.9 Å². The Labute approximate surface area is 201 Å². The summed E-state index contributed by atoms with van der Waals surface area (Å²) in [6.07, 6.45) is 1.93. The van der Waals surface area contributed by atoms with Crippen molar-refractivity contribution in [2.75, 3.05) is 34.8 Å². The van der Waals surface area contributed by atoms with Gasteiger partial charge in [0.1, 0.15) is 12.0 Å². The van der Waals surface area contributed by atoms with Gasteiger partial charge in [0.15, 0.2) is 17.5 Å². The van der Waals surface area contributed by atoms with Gasteiger partial charge in [0.25, 0.3) is 0 Å². The number of carbonyl (C=O) groups excluding carboxylic acids is 1. The molecular weight excluding hydrogens is 457 g/mol. The van der Waals surface area contributed by atoms with Crippen molar-refractivity contribution >= 4 is 23.7 Å². The largest absolute Gasteiger partial charge is 0.368 e. The van der Waals surface area contributed by atoms with Crippen LogP contribution in [0.5, 0.6) is 0 Å². The highest BCUT2D eigenvalue weighted by Gasteiger charge is 2.27. The van der Waals surface area contributed by atoms with Gasteiger partial charge in [-0.2, -0.15) is 0 Å². The Kier molecular flexibility index (Phi) is 7.81. The first-order valence-electron chi connectivity index (χ1n) is 11.4. The molecule has 1 fully saturated rings. The van der Waals surface area contributed by atoms with Gasteiger partial charge in [-0.25, -0.2) is 18.2 Å². The molecule has 1 aliphatic rings. The van der Waals surface area contributed by atoms with Crippen molar-refractivity contribution in [3.63, 3.8) is 0 Å². The zero-order chi connectivity index (χ0) is 24.8. The maximum atomic E-state index is 15.2. The molecule has 184 valence electrons. The molecule has 1 amide bonds. The second-order valence-corrected chi connectivity index (χ2v) is 8.35. The van der Waals surface area contributed by atoms with E-state index in [1.54, 1.807) is 35.4 Å². The lowest BCUT2D eigenvalue weighted by Gasteiger charge is -2.25. The Balaban J connectivity index is 1.64. The summed E-state index contributed by atoms with van der Waals surface area (Å²) in [4.78, 5) is 23.6. The molecule has 0 aliphatic carbocycles. The van der Waals surface area contributed by atoms with Crippen LogP contribution < -0.4 is 20.9 Å². The quantitative estimate of drug-likeness (QED) is 0.428. The van der Waals surface area contributed by atoms with Gasteiger partial charge >= 0.3 is 0 Å². The third kappa shape index (κ3) is 5.89. The zero-order valence-corrected chi connectivity index (χ0v) is 19.1. The van der Waals surface area contributed by atoms with Crippen LogP contribution in [0.15, 0.2) is 48.7 Å². The smallest absolute Gasteiger partial charge is 0.214 e. The molecule has 3 aromatic rings. The van der Waals surface area contributed by atoms with Gasteiger partial charge in [0.2, 0.25) is 6.41 Å². The molecule has 0 radical (unpaired) electrons. The van der Waals surface area contributed by atoms with Crippen molar-refractivity contribution in [1.29, 1.82) is 0 Å². The van der Waals surface area contributed by atoms with Gasteiger partial charge in [0.05, 0.1) is 24.5 Å². The number of hydrogen-bond donors (Lipinski definition) is 2. The van der Waals surface area contributed by atoms with Crippen molar-refractivity contribution < 1.29 is 18.0 Å². The second-order valence-electron chi connectivity index (χ2n) is 8.35. The van der Waals surface area contributed by atoms with E-state index in [0.29, 0.717) is 38.0 Å². The number of alkyl halides is 1. The van der Waals surface area contributed by atoms with Gasteiger partial charge in [-0.3, -0.25) is 9.78 Å². The number of aromatic nitrogens is 2. The third-order valence-electron chi connectivity index (χ3n) is 5.92. The highest BCUT2D eigenvalue weighted by Crippen LogP contribution is 2.32. The van der Waals surface area contributed by atoms with Gasteiger partial charge in [-0.15, -0.1) is 0 Å². The molecule has 35 heavy (non-hydrogen) atoms. The van der Waals surface area contributed by atoms with Crippen LogP contribution in [-0.4, -0.2) is 42.2 Å². The van der Waals surface area contributed by atoms with Gasteiger partial charge in [0, 0.05) is 31.9 Å². The summed E-state index contributed by atoms with van der Waals surface area (Å²) in [5, 5.41) is 3.15. The predicted molar refractivity (Wildman–Crippen MR) is 129 cm³/mol. The molecule has 2 aromatic heterocycles. The molecular formula is C25H27F3N6O. The van der Waals surface area contributed by atoms with E-state index in [2.05, 4.69) is 15.3 Å². The van der Waals surface area contributed by atoms with Crippen molar-refractivity contribution in [1.82, 2.24) is 9.97 Å². The molecule has 1 aromatic carbocycles. The van der Waals surface area contributed by atoms with Crippen LogP contribution in [0.4, 0.5) is 30.5 Å². The minimum atomic E-state index is -1.05. The Morgan fingerprint density at radius 2 is 2.09 bits per heavy atom. The Bertz CT molecular complexity index is 1180. The molecule has 3 N–H and O–H groups in total. The maximum absolute atomic E-state index is 15.2. The minimum absolute atomic E-state index is 0.0250. The summed E-state index contributed by atoms with van der Waals surface area (Å²) < 4.78 is 42.5. The summed E-state index contributed by atoms with van der Waals surface area (Å²) in [5.74, 6) is -0.691. The summed E-state index contributed by atoms with van der Waals surface area (Å²) in [6.45, 7) is 1.05. The number of anilines is 3. The second kappa shape index (κ2) is 11.2. The fraction of sp³-hybridized carbons (Fsp3) is 0.320. The van der Waals surface area contributed by atoms with Crippen molar-refractivity contribution in [2.24, 2.45) is 5.73 Å². The number of nitrogens with one attached hydrogen (secondary N) is 1. The van der Waals surface area contributed by atoms with Crippen LogP contribution in [0.2, 0.25) is 0 Å². The predicted octanol–water partition coefficient (Wildman–Crippen LogP) is 3.58. The van der Waals surface area contributed by atoms with Crippen molar-refractivity contribution in [2.45, 2.75) is 32.1 Å². The van der Waals surface area contributed by atoms with Crippen LogP contribution in [0.25, 0.3) is 0 Å².